The van der Waals surface area contributed by atoms with Gasteiger partial charge in [0, 0.05) is 4.90 Å². The summed E-state index contributed by atoms with van der Waals surface area (Å²) in [7, 11) is 0. The number of hydrogen-bond donors (Lipinski definition) is 0. The van der Waals surface area contributed by atoms with Crippen LogP contribution in [0.2, 0.25) is 0 Å². The van der Waals surface area contributed by atoms with Crippen LogP contribution in [0.1, 0.15) is 30.4 Å². The maximum absolute atomic E-state index is 12.2. The molecule has 0 heterocycles. The average Bonchev–Trinajstić information content (AvgIpc) is 2.25. The first-order valence-corrected chi connectivity index (χ1v) is 6.53. The lowest BCUT2D eigenvalue weighted by molar-refractivity contribution is -0.116. The molecule has 0 aromatic heterocycles. The Labute approximate surface area is 113 Å². The van der Waals surface area contributed by atoms with E-state index < -0.39 is 10.9 Å². The highest BCUT2D eigenvalue weighted by Gasteiger charge is 2.29. The standard InChI is InChI=1S/C12H12ClF3OS/c1-3-8-6-9(18-12(14,15)16)4-5-10(8)11(13)7(2)17/h4-6,11H,3H2,1-2H3. The first-order chi connectivity index (χ1) is 8.24. The summed E-state index contributed by atoms with van der Waals surface area (Å²) in [5, 5.41) is -0.801. The molecule has 0 spiro atoms. The quantitative estimate of drug-likeness (QED) is 0.590. The first-order valence-electron chi connectivity index (χ1n) is 5.27. The summed E-state index contributed by atoms with van der Waals surface area (Å²) in [6, 6.07) is 4.27. The number of ketones is 1. The van der Waals surface area contributed by atoms with E-state index in [1.54, 1.807) is 0 Å². The van der Waals surface area contributed by atoms with Crippen LogP contribution in [0.15, 0.2) is 23.1 Å². The van der Waals surface area contributed by atoms with E-state index in [1.165, 1.54) is 25.1 Å². The number of aryl methyl sites for hydroxylation is 1. The minimum absolute atomic E-state index is 0.107. The van der Waals surface area contributed by atoms with Gasteiger partial charge in [-0.25, -0.2) is 0 Å². The fraction of sp³-hybridized carbons (Fsp3) is 0.417. The summed E-state index contributed by atoms with van der Waals surface area (Å²) in [5.41, 5.74) is -3.06. The van der Waals surface area contributed by atoms with Gasteiger partial charge in [0.15, 0.2) is 5.78 Å². The molecule has 0 bridgehead atoms. The van der Waals surface area contributed by atoms with Crippen molar-refractivity contribution in [2.75, 3.05) is 0 Å². The van der Waals surface area contributed by atoms with Crippen LogP contribution in [0.4, 0.5) is 13.2 Å². The maximum atomic E-state index is 12.2. The number of alkyl halides is 4. The second-order valence-corrected chi connectivity index (χ2v) is 5.31. The number of halogens is 4. The largest absolute Gasteiger partial charge is 0.446 e. The molecule has 1 nitrogen and oxygen atoms in total. The Balaban J connectivity index is 3.07. The van der Waals surface area contributed by atoms with Gasteiger partial charge in [0.25, 0.3) is 0 Å². The zero-order valence-electron chi connectivity index (χ0n) is 9.84. The molecule has 0 fully saturated rings. The van der Waals surface area contributed by atoms with Crippen LogP contribution in [0.5, 0.6) is 0 Å². The Kier molecular flexibility index (Phi) is 5.10. The predicted molar refractivity (Wildman–Crippen MR) is 67.0 cm³/mol. The SMILES string of the molecule is CCc1cc(SC(F)(F)F)ccc1C(Cl)C(C)=O. The van der Waals surface area contributed by atoms with E-state index in [2.05, 4.69) is 0 Å². The molecule has 1 atom stereocenters. The van der Waals surface area contributed by atoms with Crippen LogP contribution in [0, 0.1) is 0 Å². The van der Waals surface area contributed by atoms with Crippen molar-refractivity contribution < 1.29 is 18.0 Å². The third kappa shape index (κ3) is 4.21. The van der Waals surface area contributed by atoms with E-state index in [-0.39, 0.29) is 22.4 Å². The summed E-state index contributed by atoms with van der Waals surface area (Å²) < 4.78 is 36.7. The van der Waals surface area contributed by atoms with Gasteiger partial charge in [0.05, 0.1) is 0 Å². The highest BCUT2D eigenvalue weighted by molar-refractivity contribution is 8.00. The second-order valence-electron chi connectivity index (χ2n) is 3.74. The molecule has 0 N–H and O–H groups in total. The van der Waals surface area contributed by atoms with Crippen molar-refractivity contribution in [1.29, 1.82) is 0 Å². The van der Waals surface area contributed by atoms with Crippen molar-refractivity contribution in [3.05, 3.63) is 29.3 Å². The van der Waals surface area contributed by atoms with E-state index in [0.717, 1.165) is 0 Å². The van der Waals surface area contributed by atoms with Gasteiger partial charge in [0.2, 0.25) is 0 Å². The molecule has 0 saturated heterocycles. The summed E-state index contributed by atoms with van der Waals surface area (Å²) >= 11 is 5.76. The van der Waals surface area contributed by atoms with E-state index in [9.17, 15) is 18.0 Å². The topological polar surface area (TPSA) is 17.1 Å². The zero-order chi connectivity index (χ0) is 13.9. The van der Waals surface area contributed by atoms with Gasteiger partial charge >= 0.3 is 5.51 Å². The molecule has 100 valence electrons. The monoisotopic (exact) mass is 296 g/mol. The minimum atomic E-state index is -4.31. The van der Waals surface area contributed by atoms with Crippen LogP contribution < -0.4 is 0 Å². The molecular weight excluding hydrogens is 285 g/mol. The Morgan fingerprint density at radius 3 is 2.50 bits per heavy atom. The zero-order valence-corrected chi connectivity index (χ0v) is 11.4. The lowest BCUT2D eigenvalue weighted by Gasteiger charge is -2.13. The van der Waals surface area contributed by atoms with Gasteiger partial charge in [-0.15, -0.1) is 11.6 Å². The van der Waals surface area contributed by atoms with Gasteiger partial charge in [-0.3, -0.25) is 4.79 Å². The number of rotatable bonds is 4. The lowest BCUT2D eigenvalue weighted by Crippen LogP contribution is -2.06. The third-order valence-electron chi connectivity index (χ3n) is 2.36. The Morgan fingerprint density at radius 2 is 2.06 bits per heavy atom. The smallest absolute Gasteiger partial charge is 0.298 e. The Bertz CT molecular complexity index is 445. The van der Waals surface area contributed by atoms with Crippen molar-refractivity contribution in [3.63, 3.8) is 0 Å². The van der Waals surface area contributed by atoms with E-state index in [1.807, 2.05) is 6.92 Å². The summed E-state index contributed by atoms with van der Waals surface area (Å²) in [6.07, 6.45) is 0.526. The van der Waals surface area contributed by atoms with Crippen molar-refractivity contribution in [2.24, 2.45) is 0 Å². The summed E-state index contributed by atoms with van der Waals surface area (Å²) in [6.45, 7) is 3.17. The van der Waals surface area contributed by atoms with Gasteiger partial charge in [0.1, 0.15) is 5.38 Å². The number of carbonyl (C=O) groups is 1. The molecule has 0 radical (unpaired) electrons. The number of hydrogen-bond acceptors (Lipinski definition) is 2. The first kappa shape index (κ1) is 15.4. The third-order valence-corrected chi connectivity index (χ3v) is 3.62. The van der Waals surface area contributed by atoms with Gasteiger partial charge in [-0.2, -0.15) is 13.2 Å². The molecule has 1 rings (SSSR count). The molecule has 0 aliphatic heterocycles. The van der Waals surface area contributed by atoms with Crippen LogP contribution >= 0.6 is 23.4 Å². The van der Waals surface area contributed by atoms with E-state index in [4.69, 9.17) is 11.6 Å². The maximum Gasteiger partial charge on any atom is 0.446 e. The van der Waals surface area contributed by atoms with Gasteiger partial charge in [-0.1, -0.05) is 13.0 Å². The van der Waals surface area contributed by atoms with Gasteiger partial charge in [-0.05, 0) is 48.4 Å². The highest BCUT2D eigenvalue weighted by Crippen LogP contribution is 2.38. The fourth-order valence-corrected chi connectivity index (χ4v) is 2.37. The van der Waals surface area contributed by atoms with Crippen molar-refractivity contribution in [3.8, 4) is 0 Å². The summed E-state index contributed by atoms with van der Waals surface area (Å²) in [5.74, 6) is -0.220. The molecule has 0 amide bonds. The fourth-order valence-electron chi connectivity index (χ4n) is 1.55. The predicted octanol–water partition coefficient (Wildman–Crippen LogP) is 4.73. The number of thioether (sulfide) groups is 1. The molecule has 18 heavy (non-hydrogen) atoms. The Hall–Kier alpha value is -0.680. The van der Waals surface area contributed by atoms with Crippen molar-refractivity contribution in [2.45, 2.75) is 36.0 Å². The molecule has 1 aromatic carbocycles. The van der Waals surface area contributed by atoms with E-state index >= 15 is 0 Å². The van der Waals surface area contributed by atoms with E-state index in [0.29, 0.717) is 17.5 Å². The van der Waals surface area contributed by atoms with Crippen LogP contribution in [-0.2, 0) is 11.2 Å². The molecular formula is C12H12ClF3OS. The average molecular weight is 297 g/mol. The number of carbonyl (C=O) groups excluding carboxylic acids is 1. The van der Waals surface area contributed by atoms with Gasteiger partial charge < -0.3 is 0 Å². The lowest BCUT2D eigenvalue weighted by atomic mass is 10.0. The molecule has 0 aliphatic carbocycles. The second kappa shape index (κ2) is 5.97. The van der Waals surface area contributed by atoms with Crippen LogP contribution in [0.25, 0.3) is 0 Å². The summed E-state index contributed by atoms with van der Waals surface area (Å²) in [4.78, 5) is 11.3. The number of benzene rings is 1. The highest BCUT2D eigenvalue weighted by atomic mass is 35.5. The van der Waals surface area contributed by atoms with Crippen LogP contribution in [0.3, 0.4) is 0 Å². The molecule has 0 saturated carbocycles. The van der Waals surface area contributed by atoms with Crippen molar-refractivity contribution in [1.82, 2.24) is 0 Å². The number of Topliss-reactive ketones (excluding diaryl/α,β-unsaturated/α-hetero) is 1. The Morgan fingerprint density at radius 1 is 1.44 bits per heavy atom. The molecule has 1 aromatic rings. The molecule has 6 heteroatoms. The normalized spacial score (nSPS) is 13.4. The van der Waals surface area contributed by atoms with Crippen molar-refractivity contribution >= 4 is 29.1 Å². The molecule has 1 unspecified atom stereocenters. The minimum Gasteiger partial charge on any atom is -0.298 e. The van der Waals surface area contributed by atoms with Crippen LogP contribution in [-0.4, -0.2) is 11.3 Å². The molecule has 0 aliphatic rings.